The van der Waals surface area contributed by atoms with Crippen molar-refractivity contribution >= 4 is 34.6 Å². The number of carbonyl (C=O) groups is 1. The summed E-state index contributed by atoms with van der Waals surface area (Å²) in [5.74, 6) is -0.369. The number of methoxy groups -OCH3 is 1. The van der Waals surface area contributed by atoms with Crippen molar-refractivity contribution in [3.05, 3.63) is 64.3 Å². The van der Waals surface area contributed by atoms with Crippen molar-refractivity contribution in [3.63, 3.8) is 0 Å². The molecule has 2 aromatic carbocycles. The molecule has 6 heteroatoms. The maximum Gasteiger partial charge on any atom is 0.337 e. The van der Waals surface area contributed by atoms with E-state index in [1.807, 2.05) is 43.3 Å². The monoisotopic (exact) mass is 357 g/mol. The van der Waals surface area contributed by atoms with Crippen LogP contribution in [0.2, 0.25) is 5.02 Å². The highest BCUT2D eigenvalue weighted by Gasteiger charge is 2.22. The molecular weight excluding hydrogens is 338 g/mol. The third-order valence-electron chi connectivity index (χ3n) is 4.15. The van der Waals surface area contributed by atoms with E-state index in [4.69, 9.17) is 22.1 Å². The lowest BCUT2D eigenvalue weighted by molar-refractivity contribution is 0.0601. The Morgan fingerprint density at radius 2 is 1.96 bits per heavy atom. The Balaban J connectivity index is 2.18. The zero-order valence-electron chi connectivity index (χ0n) is 14.2. The fraction of sp³-hybridized carbons (Fsp3) is 0.211. The van der Waals surface area contributed by atoms with E-state index in [-0.39, 0.29) is 5.97 Å². The molecule has 1 aliphatic rings. The quantitative estimate of drug-likeness (QED) is 0.805. The molecule has 0 saturated carbocycles. The summed E-state index contributed by atoms with van der Waals surface area (Å²) in [5, 5.41) is 4.06. The third-order valence-corrected chi connectivity index (χ3v) is 4.40. The summed E-state index contributed by atoms with van der Waals surface area (Å²) in [5.41, 5.74) is 11.0. The Morgan fingerprint density at radius 3 is 2.60 bits per heavy atom. The van der Waals surface area contributed by atoms with Crippen LogP contribution in [0.15, 0.2) is 48.2 Å². The average Bonchev–Trinajstić information content (AvgIpc) is 2.81. The van der Waals surface area contributed by atoms with Crippen molar-refractivity contribution < 1.29 is 9.53 Å². The van der Waals surface area contributed by atoms with Gasteiger partial charge in [-0.3, -0.25) is 0 Å². The molecule has 0 atom stereocenters. The van der Waals surface area contributed by atoms with Gasteiger partial charge in [-0.2, -0.15) is 0 Å². The van der Waals surface area contributed by atoms with Gasteiger partial charge in [0.25, 0.3) is 0 Å². The number of hydrogen-bond acceptors (Lipinski definition) is 5. The minimum Gasteiger partial charge on any atom is -0.465 e. The first-order valence-electron chi connectivity index (χ1n) is 7.97. The van der Waals surface area contributed by atoms with E-state index in [9.17, 15) is 4.79 Å². The van der Waals surface area contributed by atoms with Crippen molar-refractivity contribution in [2.24, 2.45) is 5.73 Å². The first-order chi connectivity index (χ1) is 12.0. The van der Waals surface area contributed by atoms with Crippen LogP contribution in [0, 0.1) is 0 Å². The molecule has 0 aromatic heterocycles. The van der Waals surface area contributed by atoms with E-state index in [1.165, 1.54) is 7.11 Å². The molecule has 0 unspecified atom stereocenters. The van der Waals surface area contributed by atoms with Crippen LogP contribution in [-0.4, -0.2) is 26.2 Å². The summed E-state index contributed by atoms with van der Waals surface area (Å²) >= 11 is 6.02. The number of anilines is 2. The van der Waals surface area contributed by atoms with Gasteiger partial charge in [0.05, 0.1) is 24.1 Å². The van der Waals surface area contributed by atoms with Gasteiger partial charge in [-0.1, -0.05) is 11.6 Å². The number of fused-ring (bicyclic) bond motifs is 1. The van der Waals surface area contributed by atoms with Crippen molar-refractivity contribution in [1.82, 2.24) is 5.32 Å². The molecule has 0 fully saturated rings. The Morgan fingerprint density at radius 1 is 1.24 bits per heavy atom. The molecule has 0 bridgehead atoms. The molecule has 2 aromatic rings. The molecule has 0 radical (unpaired) electrons. The number of nitrogens with two attached hydrogens (primary N) is 1. The number of hydrogen-bond donors (Lipinski definition) is 2. The van der Waals surface area contributed by atoms with Gasteiger partial charge < -0.3 is 20.7 Å². The van der Waals surface area contributed by atoms with E-state index in [0.29, 0.717) is 16.3 Å². The molecule has 1 heterocycles. The maximum atomic E-state index is 12.0. The normalized spacial score (nSPS) is 15.7. The smallest absolute Gasteiger partial charge is 0.337 e. The first-order valence-corrected chi connectivity index (χ1v) is 8.35. The summed E-state index contributed by atoms with van der Waals surface area (Å²) in [7, 11) is 1.38. The molecule has 0 saturated heterocycles. The summed E-state index contributed by atoms with van der Waals surface area (Å²) in [6.07, 6.45) is 0. The van der Waals surface area contributed by atoms with Crippen LogP contribution >= 0.6 is 11.6 Å². The van der Waals surface area contributed by atoms with Crippen LogP contribution in [0.25, 0.3) is 5.70 Å². The van der Waals surface area contributed by atoms with Gasteiger partial charge in [0.1, 0.15) is 0 Å². The van der Waals surface area contributed by atoms with E-state index in [2.05, 4.69) is 10.2 Å². The molecule has 0 spiro atoms. The lowest BCUT2D eigenvalue weighted by atomic mass is 10.0. The third kappa shape index (κ3) is 3.42. The van der Waals surface area contributed by atoms with Gasteiger partial charge in [0.2, 0.25) is 0 Å². The standard InChI is InChI=1S/C19H20ClN3O2/c1-12(21)18-16-8-3-13(19(24)25-2)11-17(16)23(10-9-22-18)15-6-4-14(20)5-7-15/h3-8,11,22H,9-10,21H2,1-2H3/b18-12-. The van der Waals surface area contributed by atoms with Crippen LogP contribution < -0.4 is 16.0 Å². The van der Waals surface area contributed by atoms with E-state index >= 15 is 0 Å². The van der Waals surface area contributed by atoms with E-state index in [0.717, 1.165) is 35.7 Å². The Hall–Kier alpha value is -2.66. The Labute approximate surface area is 152 Å². The summed E-state index contributed by atoms with van der Waals surface area (Å²) in [4.78, 5) is 14.1. The van der Waals surface area contributed by atoms with Crippen molar-refractivity contribution in [2.75, 3.05) is 25.1 Å². The molecule has 3 N–H and O–H groups in total. The van der Waals surface area contributed by atoms with E-state index in [1.54, 1.807) is 6.07 Å². The number of carbonyl (C=O) groups excluding carboxylic acids is 1. The number of ether oxygens (including phenoxy) is 1. The summed E-state index contributed by atoms with van der Waals surface area (Å²) in [6.45, 7) is 3.29. The van der Waals surface area contributed by atoms with Gasteiger partial charge in [0.15, 0.2) is 0 Å². The number of nitrogens with one attached hydrogen (secondary N) is 1. The first kappa shape index (κ1) is 17.2. The average molecular weight is 358 g/mol. The number of rotatable bonds is 2. The second kappa shape index (κ2) is 7.07. The molecular formula is C19H20ClN3O2. The van der Waals surface area contributed by atoms with Crippen molar-refractivity contribution in [3.8, 4) is 0 Å². The van der Waals surface area contributed by atoms with Gasteiger partial charge in [-0.05, 0) is 49.4 Å². The SMILES string of the molecule is COC(=O)c1ccc2c(c1)N(c1ccc(Cl)cc1)CCN/C2=C(/C)N. The molecule has 3 rings (SSSR count). The summed E-state index contributed by atoms with van der Waals surface area (Å²) < 4.78 is 4.86. The zero-order valence-corrected chi connectivity index (χ0v) is 14.9. The van der Waals surface area contributed by atoms with Crippen LogP contribution in [0.3, 0.4) is 0 Å². The summed E-state index contributed by atoms with van der Waals surface area (Å²) in [6, 6.07) is 13.1. The van der Waals surface area contributed by atoms with Crippen LogP contribution in [0.4, 0.5) is 11.4 Å². The minimum absolute atomic E-state index is 0.369. The Kier molecular flexibility index (Phi) is 4.86. The lowest BCUT2D eigenvalue weighted by Crippen LogP contribution is -2.24. The highest BCUT2D eigenvalue weighted by molar-refractivity contribution is 6.30. The number of benzene rings is 2. The Bertz CT molecular complexity index is 827. The largest absolute Gasteiger partial charge is 0.465 e. The molecule has 0 aliphatic carbocycles. The minimum atomic E-state index is -0.369. The predicted molar refractivity (Wildman–Crippen MR) is 101 cm³/mol. The molecule has 5 nitrogen and oxygen atoms in total. The van der Waals surface area contributed by atoms with Crippen LogP contribution in [0.1, 0.15) is 22.8 Å². The number of nitrogens with zero attached hydrogens (tertiary/aromatic N) is 1. The molecule has 1 aliphatic heterocycles. The predicted octanol–water partition coefficient (Wildman–Crippen LogP) is 3.52. The number of halogens is 1. The van der Waals surface area contributed by atoms with Gasteiger partial charge in [-0.15, -0.1) is 0 Å². The number of allylic oxidation sites excluding steroid dienone is 1. The topological polar surface area (TPSA) is 67.6 Å². The maximum absolute atomic E-state index is 12.0. The van der Waals surface area contributed by atoms with Crippen LogP contribution in [-0.2, 0) is 4.74 Å². The van der Waals surface area contributed by atoms with Gasteiger partial charge >= 0.3 is 5.97 Å². The fourth-order valence-electron chi connectivity index (χ4n) is 2.96. The van der Waals surface area contributed by atoms with Crippen molar-refractivity contribution in [1.29, 1.82) is 0 Å². The number of esters is 1. The van der Waals surface area contributed by atoms with Gasteiger partial charge in [0, 0.05) is 35.1 Å². The second-order valence-electron chi connectivity index (χ2n) is 5.84. The van der Waals surface area contributed by atoms with Crippen molar-refractivity contribution in [2.45, 2.75) is 6.92 Å². The molecule has 25 heavy (non-hydrogen) atoms. The molecule has 0 amide bonds. The van der Waals surface area contributed by atoms with Crippen LogP contribution in [0.5, 0.6) is 0 Å². The fourth-order valence-corrected chi connectivity index (χ4v) is 3.09. The lowest BCUT2D eigenvalue weighted by Gasteiger charge is -2.25. The highest BCUT2D eigenvalue weighted by atomic mass is 35.5. The molecule has 130 valence electrons. The zero-order chi connectivity index (χ0) is 18.0. The van der Waals surface area contributed by atoms with Gasteiger partial charge in [-0.25, -0.2) is 4.79 Å². The second-order valence-corrected chi connectivity index (χ2v) is 6.27. The highest BCUT2D eigenvalue weighted by Crippen LogP contribution is 2.35. The van der Waals surface area contributed by atoms with E-state index < -0.39 is 0 Å².